The highest BCUT2D eigenvalue weighted by Crippen LogP contribution is 2.23. The van der Waals surface area contributed by atoms with Gasteiger partial charge in [-0.1, -0.05) is 35.3 Å². The Kier molecular flexibility index (Phi) is 7.19. The Bertz CT molecular complexity index is 751. The summed E-state index contributed by atoms with van der Waals surface area (Å²) in [6, 6.07) is 19.6. The van der Waals surface area contributed by atoms with Gasteiger partial charge in [0.2, 0.25) is 0 Å². The topological polar surface area (TPSA) is 25.2 Å². The van der Waals surface area contributed by atoms with E-state index in [1.165, 1.54) is 5.56 Å². The molecule has 2 aromatic carbocycles. The van der Waals surface area contributed by atoms with Crippen molar-refractivity contribution in [3.05, 3.63) is 82.0 Å². The van der Waals surface area contributed by atoms with Crippen molar-refractivity contribution in [3.8, 4) is 11.3 Å². The van der Waals surface area contributed by atoms with E-state index in [0.717, 1.165) is 40.1 Å². The van der Waals surface area contributed by atoms with Crippen LogP contribution in [0.1, 0.15) is 11.3 Å². The summed E-state index contributed by atoms with van der Waals surface area (Å²) in [5.41, 5.74) is 2.30. The van der Waals surface area contributed by atoms with Crippen LogP contribution in [0.4, 0.5) is 0 Å². The maximum Gasteiger partial charge on any atom is 0.134 e. The highest BCUT2D eigenvalue weighted by molar-refractivity contribution is 6.30. The minimum atomic E-state index is 0. The Labute approximate surface area is 158 Å². The third kappa shape index (κ3) is 5.29. The van der Waals surface area contributed by atoms with Crippen LogP contribution in [0, 0.1) is 0 Å². The molecule has 0 saturated heterocycles. The summed E-state index contributed by atoms with van der Waals surface area (Å²) < 4.78 is 5.85. The number of nitrogens with one attached hydrogen (secondary N) is 1. The van der Waals surface area contributed by atoms with Gasteiger partial charge in [-0.05, 0) is 67.1 Å². The SMILES string of the molecule is Cl.Clc1ccc(CCNCc2ccc(-c3ccc(Cl)cc3)o2)cc1. The third-order valence-corrected chi connectivity index (χ3v) is 4.10. The first-order chi connectivity index (χ1) is 11.2. The van der Waals surface area contributed by atoms with Crippen molar-refractivity contribution < 1.29 is 4.42 Å². The average molecular weight is 383 g/mol. The van der Waals surface area contributed by atoms with Gasteiger partial charge in [-0.3, -0.25) is 0 Å². The molecule has 126 valence electrons. The molecule has 0 atom stereocenters. The molecule has 1 heterocycles. The van der Waals surface area contributed by atoms with Crippen molar-refractivity contribution in [3.63, 3.8) is 0 Å². The van der Waals surface area contributed by atoms with Crippen LogP contribution in [0.2, 0.25) is 10.0 Å². The van der Waals surface area contributed by atoms with E-state index < -0.39 is 0 Å². The Balaban J connectivity index is 0.00000208. The van der Waals surface area contributed by atoms with Gasteiger partial charge >= 0.3 is 0 Å². The standard InChI is InChI=1S/C19H17Cl2NO.ClH/c20-16-5-1-14(2-6-16)11-12-22-13-18-9-10-19(23-18)15-3-7-17(21)8-4-15;/h1-10,22H,11-13H2;1H. The zero-order valence-corrected chi connectivity index (χ0v) is 15.3. The molecule has 0 fully saturated rings. The van der Waals surface area contributed by atoms with Gasteiger partial charge in [-0.2, -0.15) is 0 Å². The number of rotatable bonds is 6. The lowest BCUT2D eigenvalue weighted by Crippen LogP contribution is -2.16. The molecule has 0 spiro atoms. The summed E-state index contributed by atoms with van der Waals surface area (Å²) in [6.45, 7) is 1.60. The largest absolute Gasteiger partial charge is 0.460 e. The van der Waals surface area contributed by atoms with E-state index >= 15 is 0 Å². The van der Waals surface area contributed by atoms with Gasteiger partial charge in [0.1, 0.15) is 11.5 Å². The fraction of sp³-hybridized carbons (Fsp3) is 0.158. The highest BCUT2D eigenvalue weighted by Gasteiger charge is 2.04. The Hall–Kier alpha value is -1.45. The molecule has 0 bridgehead atoms. The van der Waals surface area contributed by atoms with Crippen LogP contribution in [0.15, 0.2) is 65.1 Å². The molecule has 1 aromatic heterocycles. The van der Waals surface area contributed by atoms with Crippen LogP contribution in [-0.4, -0.2) is 6.54 Å². The summed E-state index contributed by atoms with van der Waals surface area (Å²) in [5, 5.41) is 4.89. The van der Waals surface area contributed by atoms with Crippen molar-refractivity contribution in [2.45, 2.75) is 13.0 Å². The fourth-order valence-electron chi connectivity index (χ4n) is 2.34. The Morgan fingerprint density at radius 1 is 0.792 bits per heavy atom. The Morgan fingerprint density at radius 2 is 1.42 bits per heavy atom. The van der Waals surface area contributed by atoms with Crippen LogP contribution in [-0.2, 0) is 13.0 Å². The highest BCUT2D eigenvalue weighted by atomic mass is 35.5. The van der Waals surface area contributed by atoms with Gasteiger partial charge in [0.25, 0.3) is 0 Å². The molecule has 1 N–H and O–H groups in total. The maximum absolute atomic E-state index is 5.90. The van der Waals surface area contributed by atoms with E-state index in [1.807, 2.05) is 48.5 Å². The van der Waals surface area contributed by atoms with Crippen LogP contribution in [0.3, 0.4) is 0 Å². The predicted molar refractivity (Wildman–Crippen MR) is 103 cm³/mol. The van der Waals surface area contributed by atoms with Gasteiger partial charge in [0, 0.05) is 15.6 Å². The van der Waals surface area contributed by atoms with Crippen LogP contribution in [0.5, 0.6) is 0 Å². The summed E-state index contributed by atoms with van der Waals surface area (Å²) in [5.74, 6) is 1.78. The summed E-state index contributed by atoms with van der Waals surface area (Å²) in [4.78, 5) is 0. The van der Waals surface area contributed by atoms with Crippen molar-refractivity contribution in [1.82, 2.24) is 5.32 Å². The molecule has 0 amide bonds. The number of hydrogen-bond donors (Lipinski definition) is 1. The molecular weight excluding hydrogens is 365 g/mol. The molecule has 3 rings (SSSR count). The summed E-state index contributed by atoms with van der Waals surface area (Å²) >= 11 is 11.8. The third-order valence-electron chi connectivity index (χ3n) is 3.59. The Morgan fingerprint density at radius 3 is 2.08 bits per heavy atom. The van der Waals surface area contributed by atoms with E-state index in [1.54, 1.807) is 0 Å². The van der Waals surface area contributed by atoms with E-state index in [0.29, 0.717) is 6.54 Å². The van der Waals surface area contributed by atoms with Gasteiger partial charge in [-0.15, -0.1) is 12.4 Å². The molecule has 3 aromatic rings. The van der Waals surface area contributed by atoms with E-state index in [2.05, 4.69) is 17.4 Å². The second kappa shape index (κ2) is 9.14. The lowest BCUT2D eigenvalue weighted by atomic mass is 10.1. The lowest BCUT2D eigenvalue weighted by molar-refractivity contribution is 0.495. The molecule has 0 aliphatic heterocycles. The van der Waals surface area contributed by atoms with Crippen LogP contribution in [0.25, 0.3) is 11.3 Å². The van der Waals surface area contributed by atoms with E-state index in [-0.39, 0.29) is 12.4 Å². The van der Waals surface area contributed by atoms with Gasteiger partial charge in [0.15, 0.2) is 0 Å². The van der Waals surface area contributed by atoms with Gasteiger partial charge < -0.3 is 9.73 Å². The van der Waals surface area contributed by atoms with Crippen molar-refractivity contribution in [2.75, 3.05) is 6.54 Å². The van der Waals surface area contributed by atoms with Crippen molar-refractivity contribution in [2.24, 2.45) is 0 Å². The molecule has 0 aliphatic carbocycles. The molecule has 2 nitrogen and oxygen atoms in total. The first-order valence-corrected chi connectivity index (χ1v) is 8.26. The maximum atomic E-state index is 5.90. The summed E-state index contributed by atoms with van der Waals surface area (Å²) in [7, 11) is 0. The average Bonchev–Trinajstić information content (AvgIpc) is 3.03. The summed E-state index contributed by atoms with van der Waals surface area (Å²) in [6.07, 6.45) is 0.960. The van der Waals surface area contributed by atoms with Crippen LogP contribution < -0.4 is 5.32 Å². The molecule has 0 radical (unpaired) electrons. The molecular formula is C19H18Cl3NO. The first-order valence-electron chi connectivity index (χ1n) is 7.50. The fourth-order valence-corrected chi connectivity index (χ4v) is 2.59. The second-order valence-electron chi connectivity index (χ2n) is 5.33. The molecule has 0 aliphatic rings. The normalized spacial score (nSPS) is 10.4. The minimum Gasteiger partial charge on any atom is -0.460 e. The number of furan rings is 1. The predicted octanol–water partition coefficient (Wildman–Crippen LogP) is 6.01. The molecule has 0 unspecified atom stereocenters. The number of halogens is 3. The molecule has 0 saturated carbocycles. The first kappa shape index (κ1) is 18.9. The minimum absolute atomic E-state index is 0. The van der Waals surface area contributed by atoms with Crippen LogP contribution >= 0.6 is 35.6 Å². The zero-order chi connectivity index (χ0) is 16.1. The number of hydrogen-bond acceptors (Lipinski definition) is 2. The van der Waals surface area contributed by atoms with Gasteiger partial charge in [-0.25, -0.2) is 0 Å². The quantitative estimate of drug-likeness (QED) is 0.528. The van der Waals surface area contributed by atoms with Crippen molar-refractivity contribution >= 4 is 35.6 Å². The smallest absolute Gasteiger partial charge is 0.134 e. The van der Waals surface area contributed by atoms with Crippen molar-refractivity contribution in [1.29, 1.82) is 0 Å². The second-order valence-corrected chi connectivity index (χ2v) is 6.20. The van der Waals surface area contributed by atoms with Gasteiger partial charge in [0.05, 0.1) is 6.54 Å². The monoisotopic (exact) mass is 381 g/mol. The van der Waals surface area contributed by atoms with E-state index in [4.69, 9.17) is 27.6 Å². The molecule has 24 heavy (non-hydrogen) atoms. The zero-order valence-electron chi connectivity index (χ0n) is 13.0. The van der Waals surface area contributed by atoms with E-state index in [9.17, 15) is 0 Å². The number of benzene rings is 2. The lowest BCUT2D eigenvalue weighted by Gasteiger charge is -2.03. The molecule has 5 heteroatoms.